The van der Waals surface area contributed by atoms with E-state index in [0.717, 1.165) is 29.8 Å². The van der Waals surface area contributed by atoms with Gasteiger partial charge in [0.2, 0.25) is 5.91 Å². The number of rotatable bonds is 5. The lowest BCUT2D eigenvalue weighted by Crippen LogP contribution is -2.20. The summed E-state index contributed by atoms with van der Waals surface area (Å²) < 4.78 is 5.45. The Balaban J connectivity index is 1.63. The summed E-state index contributed by atoms with van der Waals surface area (Å²) in [5.41, 5.74) is 4.63. The van der Waals surface area contributed by atoms with Gasteiger partial charge in [-0.05, 0) is 53.5 Å². The van der Waals surface area contributed by atoms with Crippen LogP contribution in [0.3, 0.4) is 0 Å². The minimum absolute atomic E-state index is 0.168. The molecule has 0 radical (unpaired) electrons. The van der Waals surface area contributed by atoms with Gasteiger partial charge in [-0.2, -0.15) is 0 Å². The molecule has 0 aliphatic carbocycles. The molecule has 2 amide bonds. The Morgan fingerprint density at radius 3 is 2.68 bits per heavy atom. The molecule has 1 aliphatic heterocycles. The van der Waals surface area contributed by atoms with Crippen LogP contribution in [0, 0.1) is 0 Å². The summed E-state index contributed by atoms with van der Waals surface area (Å²) >= 11 is 0. The summed E-state index contributed by atoms with van der Waals surface area (Å²) in [6.07, 6.45) is 2.14. The van der Waals surface area contributed by atoms with Gasteiger partial charge in [0.25, 0.3) is 5.91 Å². The Morgan fingerprint density at radius 1 is 1.12 bits per heavy atom. The fourth-order valence-corrected chi connectivity index (χ4v) is 2.68. The molecule has 0 unspecified atom stereocenters. The van der Waals surface area contributed by atoms with Crippen LogP contribution < -0.4 is 10.6 Å². The molecular weight excluding hydrogens is 316 g/mol. The largest absolute Gasteiger partial charge is 0.376 e. The number of nitrogens with one attached hydrogen (secondary N) is 2. The maximum Gasteiger partial charge on any atom is 0.255 e. The van der Waals surface area contributed by atoms with E-state index < -0.39 is 0 Å². The molecule has 5 nitrogen and oxygen atoms in total. The molecular formula is C20H20N2O3. The number of anilines is 1. The van der Waals surface area contributed by atoms with Crippen molar-refractivity contribution in [3.05, 3.63) is 77.4 Å². The third kappa shape index (κ3) is 4.33. The van der Waals surface area contributed by atoms with Crippen molar-refractivity contribution in [2.24, 2.45) is 0 Å². The minimum Gasteiger partial charge on any atom is -0.376 e. The maximum atomic E-state index is 12.4. The highest BCUT2D eigenvalue weighted by atomic mass is 16.5. The molecule has 5 heteroatoms. The highest BCUT2D eigenvalue weighted by Crippen LogP contribution is 2.21. The molecule has 0 saturated heterocycles. The molecule has 0 atom stereocenters. The van der Waals surface area contributed by atoms with Crippen LogP contribution in [0.2, 0.25) is 0 Å². The number of carbonyl (C=O) groups is 2. The zero-order chi connectivity index (χ0) is 17.6. The van der Waals surface area contributed by atoms with E-state index in [9.17, 15) is 9.59 Å². The fourth-order valence-electron chi connectivity index (χ4n) is 2.68. The summed E-state index contributed by atoms with van der Waals surface area (Å²) in [4.78, 5) is 23.5. The van der Waals surface area contributed by atoms with Crippen LogP contribution in [0.15, 0.2) is 55.1 Å². The van der Waals surface area contributed by atoms with Gasteiger partial charge >= 0.3 is 0 Å². The second-order valence-electron chi connectivity index (χ2n) is 5.86. The first-order valence-corrected chi connectivity index (χ1v) is 8.16. The molecule has 25 heavy (non-hydrogen) atoms. The van der Waals surface area contributed by atoms with Crippen LogP contribution in [0.1, 0.15) is 27.0 Å². The number of ether oxygens (including phenoxy) is 1. The van der Waals surface area contributed by atoms with E-state index in [4.69, 9.17) is 4.74 Å². The van der Waals surface area contributed by atoms with E-state index in [1.54, 1.807) is 12.1 Å². The van der Waals surface area contributed by atoms with Crippen molar-refractivity contribution < 1.29 is 14.3 Å². The van der Waals surface area contributed by atoms with Crippen LogP contribution in [0.5, 0.6) is 0 Å². The Morgan fingerprint density at radius 2 is 1.92 bits per heavy atom. The van der Waals surface area contributed by atoms with Crippen LogP contribution >= 0.6 is 0 Å². The number of hydrogen-bond acceptors (Lipinski definition) is 3. The number of fused-ring (bicyclic) bond motifs is 1. The number of carbonyl (C=O) groups excluding carboxylic acids is 2. The first-order valence-electron chi connectivity index (χ1n) is 8.16. The van der Waals surface area contributed by atoms with Gasteiger partial charge in [0.15, 0.2) is 0 Å². The molecule has 0 fully saturated rings. The van der Waals surface area contributed by atoms with Crippen LogP contribution in [-0.4, -0.2) is 18.4 Å². The lowest BCUT2D eigenvalue weighted by Gasteiger charge is -2.17. The van der Waals surface area contributed by atoms with Crippen molar-refractivity contribution in [1.29, 1.82) is 0 Å². The van der Waals surface area contributed by atoms with Gasteiger partial charge in [-0.1, -0.05) is 24.8 Å². The van der Waals surface area contributed by atoms with Gasteiger partial charge in [-0.25, -0.2) is 0 Å². The highest BCUT2D eigenvalue weighted by molar-refractivity contribution is 6.04. The number of hydrogen-bond donors (Lipinski definition) is 2. The molecule has 0 bridgehead atoms. The molecule has 1 heterocycles. The molecule has 0 saturated carbocycles. The first-order chi connectivity index (χ1) is 12.2. The van der Waals surface area contributed by atoms with Gasteiger partial charge in [-0.15, -0.1) is 0 Å². The van der Waals surface area contributed by atoms with Crippen LogP contribution in [0.25, 0.3) is 0 Å². The third-order valence-electron chi connectivity index (χ3n) is 4.11. The monoisotopic (exact) mass is 336 g/mol. The summed E-state index contributed by atoms with van der Waals surface area (Å²) in [5, 5.41) is 5.61. The van der Waals surface area contributed by atoms with Gasteiger partial charge in [0.1, 0.15) is 0 Å². The Hall–Kier alpha value is -2.92. The quantitative estimate of drug-likeness (QED) is 0.825. The summed E-state index contributed by atoms with van der Waals surface area (Å²) in [5.74, 6) is -0.392. The van der Waals surface area contributed by atoms with Crippen LogP contribution in [0.4, 0.5) is 5.69 Å². The van der Waals surface area contributed by atoms with Crippen molar-refractivity contribution in [3.63, 3.8) is 0 Å². The van der Waals surface area contributed by atoms with E-state index >= 15 is 0 Å². The molecule has 128 valence electrons. The average Bonchev–Trinajstić information content (AvgIpc) is 2.66. The highest BCUT2D eigenvalue weighted by Gasteiger charge is 2.12. The van der Waals surface area contributed by atoms with E-state index in [1.165, 1.54) is 11.6 Å². The second kappa shape index (κ2) is 7.77. The zero-order valence-electron chi connectivity index (χ0n) is 13.9. The minimum atomic E-state index is -0.224. The first kappa shape index (κ1) is 16.9. The maximum absolute atomic E-state index is 12.4. The van der Waals surface area contributed by atoms with Crippen molar-refractivity contribution in [2.75, 3.05) is 11.9 Å². The number of amides is 2. The molecule has 1 aliphatic rings. The lowest BCUT2D eigenvalue weighted by molar-refractivity contribution is -0.116. The normalized spacial score (nSPS) is 12.8. The van der Waals surface area contributed by atoms with Crippen molar-refractivity contribution in [1.82, 2.24) is 5.32 Å². The molecule has 2 aromatic rings. The third-order valence-corrected chi connectivity index (χ3v) is 4.11. The fraction of sp³-hybridized carbons (Fsp3) is 0.200. The molecule has 0 spiro atoms. The van der Waals surface area contributed by atoms with Gasteiger partial charge < -0.3 is 15.4 Å². The Kier molecular flexibility index (Phi) is 5.26. The van der Waals surface area contributed by atoms with Crippen LogP contribution in [-0.2, 0) is 29.1 Å². The Bertz CT molecular complexity index is 797. The molecule has 2 N–H and O–H groups in total. The van der Waals surface area contributed by atoms with E-state index in [0.29, 0.717) is 18.7 Å². The van der Waals surface area contributed by atoms with Gasteiger partial charge in [-0.3, -0.25) is 9.59 Å². The van der Waals surface area contributed by atoms with Gasteiger partial charge in [0, 0.05) is 17.8 Å². The lowest BCUT2D eigenvalue weighted by atomic mass is 10.0. The average molecular weight is 336 g/mol. The second-order valence-corrected chi connectivity index (χ2v) is 5.86. The van der Waals surface area contributed by atoms with E-state index in [-0.39, 0.29) is 11.8 Å². The van der Waals surface area contributed by atoms with Crippen molar-refractivity contribution >= 4 is 17.5 Å². The predicted octanol–water partition coefficient (Wildman–Crippen LogP) is 2.81. The molecule has 0 aromatic heterocycles. The zero-order valence-corrected chi connectivity index (χ0v) is 13.9. The standard InChI is InChI=1S/C20H20N2O3/c1-2-19(23)21-12-14-3-5-16(6-4-14)20(24)22-18-8-7-15-9-10-25-13-17(15)11-18/h2-8,11H,1,9-10,12-13H2,(H,21,23)(H,22,24). The summed E-state index contributed by atoms with van der Waals surface area (Å²) in [6.45, 7) is 5.14. The van der Waals surface area contributed by atoms with E-state index in [1.807, 2.05) is 30.3 Å². The molecule has 2 aromatic carbocycles. The topological polar surface area (TPSA) is 67.4 Å². The summed E-state index contributed by atoms with van der Waals surface area (Å²) in [7, 11) is 0. The summed E-state index contributed by atoms with van der Waals surface area (Å²) in [6, 6.07) is 13.0. The predicted molar refractivity (Wildman–Crippen MR) is 96.2 cm³/mol. The van der Waals surface area contributed by atoms with E-state index in [2.05, 4.69) is 17.2 Å². The molecule has 3 rings (SSSR count). The number of benzene rings is 2. The van der Waals surface area contributed by atoms with Crippen molar-refractivity contribution in [3.8, 4) is 0 Å². The Labute approximate surface area is 146 Å². The SMILES string of the molecule is C=CC(=O)NCc1ccc(C(=O)Nc2ccc3c(c2)COCC3)cc1. The van der Waals surface area contributed by atoms with Gasteiger partial charge in [0.05, 0.1) is 13.2 Å². The smallest absolute Gasteiger partial charge is 0.255 e. The van der Waals surface area contributed by atoms with Crippen molar-refractivity contribution in [2.45, 2.75) is 19.6 Å².